The first-order valence-electron chi connectivity index (χ1n) is 7.27. The molecule has 0 fully saturated rings. The summed E-state index contributed by atoms with van der Waals surface area (Å²) in [5, 5.41) is 9.21. The molecule has 1 atom stereocenters. The SMILES string of the molecule is O=C1NC(/C=C/c2ccco2)Nc2scc(-c3ccccc3)c21. The van der Waals surface area contributed by atoms with E-state index in [2.05, 4.69) is 10.6 Å². The van der Waals surface area contributed by atoms with Crippen LogP contribution in [0, 0.1) is 0 Å². The van der Waals surface area contributed by atoms with Crippen LogP contribution in [0.4, 0.5) is 5.00 Å². The predicted molar refractivity (Wildman–Crippen MR) is 92.4 cm³/mol. The fourth-order valence-electron chi connectivity index (χ4n) is 2.58. The number of hydrogen-bond donors (Lipinski definition) is 2. The highest BCUT2D eigenvalue weighted by atomic mass is 32.1. The van der Waals surface area contributed by atoms with Crippen molar-refractivity contribution < 1.29 is 9.21 Å². The monoisotopic (exact) mass is 322 g/mol. The van der Waals surface area contributed by atoms with Gasteiger partial charge in [0.05, 0.1) is 11.8 Å². The van der Waals surface area contributed by atoms with Gasteiger partial charge in [0.2, 0.25) is 0 Å². The molecular weight excluding hydrogens is 308 g/mol. The maximum Gasteiger partial charge on any atom is 0.256 e. The Morgan fingerprint density at radius 1 is 1.09 bits per heavy atom. The second kappa shape index (κ2) is 5.78. The minimum absolute atomic E-state index is 0.0621. The third-order valence-electron chi connectivity index (χ3n) is 3.67. The van der Waals surface area contributed by atoms with Gasteiger partial charge in [0.15, 0.2) is 0 Å². The highest BCUT2D eigenvalue weighted by Crippen LogP contribution is 2.37. The van der Waals surface area contributed by atoms with Crippen LogP contribution in [0.15, 0.2) is 64.6 Å². The molecule has 1 aliphatic rings. The third-order valence-corrected chi connectivity index (χ3v) is 4.58. The number of furan rings is 1. The Morgan fingerprint density at radius 3 is 2.74 bits per heavy atom. The molecule has 0 aliphatic carbocycles. The number of thiophene rings is 1. The second-order valence-electron chi connectivity index (χ2n) is 5.19. The molecule has 3 aromatic rings. The van der Waals surface area contributed by atoms with Crippen molar-refractivity contribution in [2.45, 2.75) is 6.17 Å². The van der Waals surface area contributed by atoms with E-state index < -0.39 is 0 Å². The number of fused-ring (bicyclic) bond motifs is 1. The molecule has 1 aromatic carbocycles. The molecule has 1 unspecified atom stereocenters. The molecule has 1 aliphatic heterocycles. The summed E-state index contributed by atoms with van der Waals surface area (Å²) in [5.41, 5.74) is 2.72. The first-order chi connectivity index (χ1) is 11.3. The maximum atomic E-state index is 12.5. The molecule has 0 saturated carbocycles. The summed E-state index contributed by atoms with van der Waals surface area (Å²) in [4.78, 5) is 12.5. The van der Waals surface area contributed by atoms with Crippen LogP contribution >= 0.6 is 11.3 Å². The fraction of sp³-hybridized carbons (Fsp3) is 0.0556. The quantitative estimate of drug-likeness (QED) is 0.760. The van der Waals surface area contributed by atoms with Crippen molar-refractivity contribution in [2.75, 3.05) is 5.32 Å². The standard InChI is InChI=1S/C18H14N2O2S/c21-17-16-14(12-5-2-1-3-6-12)11-23-18(16)20-15(19-17)9-8-13-7-4-10-22-13/h1-11,15,20H,(H,19,21)/b9-8+. The lowest BCUT2D eigenvalue weighted by Crippen LogP contribution is -2.43. The number of carbonyl (C=O) groups excluding carboxylic acids is 1. The molecule has 1 amide bonds. The molecule has 4 rings (SSSR count). The Balaban J connectivity index is 1.61. The normalized spacial score (nSPS) is 16.9. The minimum atomic E-state index is -0.248. The number of nitrogens with one attached hydrogen (secondary N) is 2. The van der Waals surface area contributed by atoms with Crippen LogP contribution in [0.1, 0.15) is 16.1 Å². The average Bonchev–Trinajstić information content (AvgIpc) is 3.23. The van der Waals surface area contributed by atoms with Gasteiger partial charge in [0.1, 0.15) is 16.9 Å². The summed E-state index contributed by atoms with van der Waals surface area (Å²) >= 11 is 1.55. The molecule has 3 heterocycles. The molecule has 0 bridgehead atoms. The summed E-state index contributed by atoms with van der Waals surface area (Å²) in [5.74, 6) is 0.691. The van der Waals surface area contributed by atoms with Crippen LogP contribution in [-0.2, 0) is 0 Å². The number of amides is 1. The topological polar surface area (TPSA) is 54.3 Å². The number of carbonyl (C=O) groups is 1. The third kappa shape index (κ3) is 2.66. The molecule has 2 aromatic heterocycles. The lowest BCUT2D eigenvalue weighted by Gasteiger charge is -2.23. The number of hydrogen-bond acceptors (Lipinski definition) is 4. The molecule has 114 valence electrons. The van der Waals surface area contributed by atoms with Gasteiger partial charge in [0.25, 0.3) is 5.91 Å². The largest absolute Gasteiger partial charge is 0.465 e. The molecule has 4 nitrogen and oxygen atoms in total. The molecular formula is C18H14N2O2S. The van der Waals surface area contributed by atoms with E-state index in [4.69, 9.17) is 4.42 Å². The Morgan fingerprint density at radius 2 is 1.96 bits per heavy atom. The van der Waals surface area contributed by atoms with Gasteiger partial charge in [-0.2, -0.15) is 0 Å². The summed E-state index contributed by atoms with van der Waals surface area (Å²) in [6.45, 7) is 0. The van der Waals surface area contributed by atoms with Crippen molar-refractivity contribution in [2.24, 2.45) is 0 Å². The molecule has 5 heteroatoms. The van der Waals surface area contributed by atoms with E-state index >= 15 is 0 Å². The fourth-order valence-corrected chi connectivity index (χ4v) is 3.59. The van der Waals surface area contributed by atoms with Crippen LogP contribution in [0.3, 0.4) is 0 Å². The molecule has 2 N–H and O–H groups in total. The Labute approximate surface area is 137 Å². The lowest BCUT2D eigenvalue weighted by molar-refractivity contribution is 0.0944. The first-order valence-corrected chi connectivity index (χ1v) is 8.15. The van der Waals surface area contributed by atoms with Gasteiger partial charge in [-0.05, 0) is 29.8 Å². The summed E-state index contributed by atoms with van der Waals surface area (Å²) < 4.78 is 5.26. The minimum Gasteiger partial charge on any atom is -0.465 e. The van der Waals surface area contributed by atoms with Crippen LogP contribution in [0.5, 0.6) is 0 Å². The van der Waals surface area contributed by atoms with Gasteiger partial charge in [-0.15, -0.1) is 11.3 Å². The molecule has 0 spiro atoms. The zero-order chi connectivity index (χ0) is 15.6. The van der Waals surface area contributed by atoms with Crippen LogP contribution in [0.25, 0.3) is 17.2 Å². The Hall–Kier alpha value is -2.79. The van der Waals surface area contributed by atoms with Crippen LogP contribution in [0.2, 0.25) is 0 Å². The van der Waals surface area contributed by atoms with E-state index in [1.807, 2.05) is 60.0 Å². The van der Waals surface area contributed by atoms with E-state index in [0.29, 0.717) is 5.56 Å². The summed E-state index contributed by atoms with van der Waals surface area (Å²) in [7, 11) is 0. The van der Waals surface area contributed by atoms with E-state index in [1.54, 1.807) is 17.6 Å². The van der Waals surface area contributed by atoms with Crippen molar-refractivity contribution >= 4 is 28.3 Å². The van der Waals surface area contributed by atoms with Crippen LogP contribution < -0.4 is 10.6 Å². The number of benzene rings is 1. The van der Waals surface area contributed by atoms with Gasteiger partial charge in [-0.25, -0.2) is 0 Å². The summed E-state index contributed by atoms with van der Waals surface area (Å²) in [6, 6.07) is 13.6. The molecule has 0 saturated heterocycles. The highest BCUT2D eigenvalue weighted by Gasteiger charge is 2.27. The van der Waals surface area contributed by atoms with Gasteiger partial charge in [0, 0.05) is 10.9 Å². The van der Waals surface area contributed by atoms with E-state index in [0.717, 1.165) is 21.9 Å². The lowest BCUT2D eigenvalue weighted by atomic mass is 10.0. The Bertz CT molecular complexity index is 851. The zero-order valence-corrected chi connectivity index (χ0v) is 13.0. The van der Waals surface area contributed by atoms with E-state index in [9.17, 15) is 4.79 Å². The van der Waals surface area contributed by atoms with Gasteiger partial charge >= 0.3 is 0 Å². The maximum absolute atomic E-state index is 12.5. The smallest absolute Gasteiger partial charge is 0.256 e. The van der Waals surface area contributed by atoms with Crippen molar-refractivity contribution in [3.63, 3.8) is 0 Å². The van der Waals surface area contributed by atoms with Gasteiger partial charge < -0.3 is 15.1 Å². The second-order valence-corrected chi connectivity index (χ2v) is 6.07. The molecule has 0 radical (unpaired) electrons. The van der Waals surface area contributed by atoms with Crippen LogP contribution in [-0.4, -0.2) is 12.1 Å². The van der Waals surface area contributed by atoms with Gasteiger partial charge in [-0.1, -0.05) is 30.3 Å². The number of rotatable bonds is 3. The van der Waals surface area contributed by atoms with Crippen molar-refractivity contribution in [1.29, 1.82) is 0 Å². The highest BCUT2D eigenvalue weighted by molar-refractivity contribution is 7.15. The van der Waals surface area contributed by atoms with Gasteiger partial charge in [-0.3, -0.25) is 4.79 Å². The average molecular weight is 322 g/mol. The Kier molecular flexibility index (Phi) is 3.48. The predicted octanol–water partition coefficient (Wildman–Crippen LogP) is 4.20. The van der Waals surface area contributed by atoms with E-state index in [1.165, 1.54) is 0 Å². The van der Waals surface area contributed by atoms with E-state index in [-0.39, 0.29) is 12.1 Å². The zero-order valence-electron chi connectivity index (χ0n) is 12.2. The number of anilines is 1. The van der Waals surface area contributed by atoms with Crippen molar-refractivity contribution in [3.05, 3.63) is 71.5 Å². The van der Waals surface area contributed by atoms with Crippen molar-refractivity contribution in [3.8, 4) is 11.1 Å². The van der Waals surface area contributed by atoms with Crippen molar-refractivity contribution in [1.82, 2.24) is 5.32 Å². The summed E-state index contributed by atoms with van der Waals surface area (Å²) in [6.07, 6.45) is 5.09. The first kappa shape index (κ1) is 13.8. The molecule has 23 heavy (non-hydrogen) atoms.